The van der Waals surface area contributed by atoms with Gasteiger partial charge in [-0.1, -0.05) is 41.9 Å². The van der Waals surface area contributed by atoms with Crippen molar-refractivity contribution in [2.45, 2.75) is 0 Å². The molecule has 28 heavy (non-hydrogen) atoms. The molecule has 0 saturated carbocycles. The molecule has 2 aromatic carbocycles. The maximum absolute atomic E-state index is 12.0. The summed E-state index contributed by atoms with van der Waals surface area (Å²) in [7, 11) is 0. The number of carboxylic acids is 1. The highest BCUT2D eigenvalue weighted by atomic mass is 35.5. The second kappa shape index (κ2) is 7.38. The van der Waals surface area contributed by atoms with Crippen molar-refractivity contribution in [1.29, 1.82) is 0 Å². The minimum absolute atomic E-state index is 0.0104. The first kappa shape index (κ1) is 18.1. The first-order valence-corrected chi connectivity index (χ1v) is 9.41. The van der Waals surface area contributed by atoms with E-state index in [2.05, 4.69) is 9.97 Å². The molecule has 0 spiro atoms. The fourth-order valence-corrected chi connectivity index (χ4v) is 4.00. The van der Waals surface area contributed by atoms with Gasteiger partial charge in [-0.2, -0.15) is 0 Å². The van der Waals surface area contributed by atoms with Gasteiger partial charge in [-0.15, -0.1) is 11.3 Å². The molecule has 0 aliphatic rings. The van der Waals surface area contributed by atoms with Gasteiger partial charge in [0.2, 0.25) is 12.4 Å². The number of hydrogen-bond donors (Lipinski definition) is 1. The third-order valence-electron chi connectivity index (χ3n) is 4.16. The summed E-state index contributed by atoms with van der Waals surface area (Å²) in [5.74, 6) is -1.03. The first-order chi connectivity index (χ1) is 13.6. The molecule has 0 aliphatic carbocycles. The smallest absolute Gasteiger partial charge is 0.339 e. The number of halogens is 1. The van der Waals surface area contributed by atoms with Crippen LogP contribution in [0.4, 0.5) is 10.9 Å². The number of para-hydroxylation sites is 1. The minimum Gasteiger partial charge on any atom is -0.478 e. The van der Waals surface area contributed by atoms with Gasteiger partial charge in [-0.25, -0.2) is 19.7 Å². The average Bonchev–Trinajstić information content (AvgIpc) is 3.14. The summed E-state index contributed by atoms with van der Waals surface area (Å²) in [6.45, 7) is 0. The highest BCUT2D eigenvalue weighted by Gasteiger charge is 2.25. The molecule has 1 N–H and O–H groups in total. The van der Waals surface area contributed by atoms with Crippen LogP contribution in [-0.2, 0) is 4.79 Å². The lowest BCUT2D eigenvalue weighted by Crippen LogP contribution is -2.18. The molecule has 0 saturated heterocycles. The molecule has 138 valence electrons. The Morgan fingerprint density at radius 1 is 1.14 bits per heavy atom. The van der Waals surface area contributed by atoms with Crippen LogP contribution in [0.3, 0.4) is 0 Å². The van der Waals surface area contributed by atoms with E-state index in [1.54, 1.807) is 41.9 Å². The number of aromatic nitrogens is 2. The van der Waals surface area contributed by atoms with E-state index in [1.807, 2.05) is 18.2 Å². The summed E-state index contributed by atoms with van der Waals surface area (Å²) in [4.78, 5) is 33.6. The van der Waals surface area contributed by atoms with Crippen LogP contribution in [0, 0.1) is 0 Å². The van der Waals surface area contributed by atoms with Crippen molar-refractivity contribution < 1.29 is 14.7 Å². The summed E-state index contributed by atoms with van der Waals surface area (Å²) in [6, 6.07) is 14.2. The van der Waals surface area contributed by atoms with Crippen molar-refractivity contribution >= 4 is 57.2 Å². The minimum atomic E-state index is -1.14. The van der Waals surface area contributed by atoms with Crippen LogP contribution in [0.1, 0.15) is 10.4 Å². The molecule has 0 aliphatic heterocycles. The van der Waals surface area contributed by atoms with E-state index in [1.165, 1.54) is 0 Å². The maximum atomic E-state index is 12.0. The third-order valence-corrected chi connectivity index (χ3v) is 5.39. The van der Waals surface area contributed by atoms with Gasteiger partial charge in [0, 0.05) is 27.5 Å². The van der Waals surface area contributed by atoms with Crippen LogP contribution in [0.25, 0.3) is 22.0 Å². The summed E-state index contributed by atoms with van der Waals surface area (Å²) in [5, 5.41) is 13.1. The van der Waals surface area contributed by atoms with Gasteiger partial charge in [0.25, 0.3) is 0 Å². The molecule has 0 radical (unpaired) electrons. The summed E-state index contributed by atoms with van der Waals surface area (Å²) in [6.07, 6.45) is 2.12. The summed E-state index contributed by atoms with van der Waals surface area (Å²) in [5.41, 5.74) is 1.85. The van der Waals surface area contributed by atoms with Crippen LogP contribution in [0.15, 0.2) is 60.1 Å². The van der Waals surface area contributed by atoms with Crippen molar-refractivity contribution in [2.75, 3.05) is 4.90 Å². The molecular formula is C20H12ClN3O3S. The SMILES string of the molecule is O=CN(c1ncc2ccccc2n1)c1scc(-c2ccc(Cl)cc2)c1C(=O)O. The summed E-state index contributed by atoms with van der Waals surface area (Å²) >= 11 is 7.06. The Bertz CT molecular complexity index is 1190. The number of aromatic carboxylic acids is 1. The number of thiophene rings is 1. The lowest BCUT2D eigenvalue weighted by Gasteiger charge is -2.15. The molecule has 0 fully saturated rings. The Balaban J connectivity index is 1.85. The zero-order chi connectivity index (χ0) is 19.7. The van der Waals surface area contributed by atoms with Crippen molar-refractivity contribution in [3.05, 3.63) is 70.7 Å². The molecule has 2 heterocycles. The zero-order valence-electron chi connectivity index (χ0n) is 14.2. The lowest BCUT2D eigenvalue weighted by atomic mass is 10.0. The Labute approximate surface area is 168 Å². The molecule has 0 atom stereocenters. The van der Waals surface area contributed by atoms with E-state index in [4.69, 9.17) is 11.6 Å². The van der Waals surface area contributed by atoms with Gasteiger partial charge in [0.05, 0.1) is 5.52 Å². The fraction of sp³-hybridized carbons (Fsp3) is 0. The number of fused-ring (bicyclic) bond motifs is 1. The highest BCUT2D eigenvalue weighted by Crippen LogP contribution is 2.39. The molecule has 0 unspecified atom stereocenters. The van der Waals surface area contributed by atoms with Crippen molar-refractivity contribution in [3.8, 4) is 11.1 Å². The van der Waals surface area contributed by atoms with Gasteiger partial charge < -0.3 is 5.11 Å². The topological polar surface area (TPSA) is 83.4 Å². The van der Waals surface area contributed by atoms with Crippen LogP contribution in [-0.4, -0.2) is 27.5 Å². The predicted molar refractivity (Wildman–Crippen MR) is 109 cm³/mol. The van der Waals surface area contributed by atoms with Gasteiger partial charge in [0.15, 0.2) is 0 Å². The standard InChI is InChI=1S/C20H12ClN3O3S/c21-14-7-5-12(6-8-14)15-10-28-18(17(15)19(26)27)24(11-25)20-22-9-13-3-1-2-4-16(13)23-20/h1-11H,(H,26,27). The Morgan fingerprint density at radius 3 is 2.61 bits per heavy atom. The number of carboxylic acid groups (broad SMARTS) is 1. The van der Waals surface area contributed by atoms with E-state index < -0.39 is 5.97 Å². The molecule has 4 rings (SSSR count). The number of nitrogens with zero attached hydrogens (tertiary/aromatic N) is 3. The van der Waals surface area contributed by atoms with Crippen LogP contribution in [0.2, 0.25) is 5.02 Å². The van der Waals surface area contributed by atoms with E-state index in [0.717, 1.165) is 21.6 Å². The second-order valence-electron chi connectivity index (χ2n) is 5.85. The van der Waals surface area contributed by atoms with Crippen molar-refractivity contribution in [1.82, 2.24) is 9.97 Å². The molecule has 1 amide bonds. The molecule has 2 aromatic heterocycles. The zero-order valence-corrected chi connectivity index (χ0v) is 15.8. The van der Waals surface area contributed by atoms with Crippen molar-refractivity contribution in [2.24, 2.45) is 0 Å². The molecule has 0 bridgehead atoms. The predicted octanol–water partition coefficient (Wildman–Crippen LogP) is 5.00. The van der Waals surface area contributed by atoms with E-state index in [-0.39, 0.29) is 16.5 Å². The largest absolute Gasteiger partial charge is 0.478 e. The van der Waals surface area contributed by atoms with Crippen LogP contribution >= 0.6 is 22.9 Å². The monoisotopic (exact) mass is 409 g/mol. The van der Waals surface area contributed by atoms with Gasteiger partial charge in [-0.3, -0.25) is 4.79 Å². The van der Waals surface area contributed by atoms with Gasteiger partial charge in [0.1, 0.15) is 10.6 Å². The number of benzene rings is 2. The number of hydrogen-bond acceptors (Lipinski definition) is 5. The Hall–Kier alpha value is -3.29. The number of carbonyl (C=O) groups is 2. The molecule has 6 nitrogen and oxygen atoms in total. The lowest BCUT2D eigenvalue weighted by molar-refractivity contribution is -0.106. The Morgan fingerprint density at radius 2 is 1.89 bits per heavy atom. The molecule has 8 heteroatoms. The fourth-order valence-electron chi connectivity index (χ4n) is 2.84. The Kier molecular flexibility index (Phi) is 4.77. The molecule has 4 aromatic rings. The van der Waals surface area contributed by atoms with Gasteiger partial charge in [-0.05, 0) is 23.8 Å². The number of rotatable bonds is 5. The number of amides is 1. The summed E-state index contributed by atoms with van der Waals surface area (Å²) < 4.78 is 0. The average molecular weight is 410 g/mol. The quantitative estimate of drug-likeness (QED) is 0.469. The van der Waals surface area contributed by atoms with Crippen molar-refractivity contribution in [3.63, 3.8) is 0 Å². The third kappa shape index (κ3) is 3.21. The van der Waals surface area contributed by atoms with E-state index >= 15 is 0 Å². The van der Waals surface area contributed by atoms with E-state index in [0.29, 0.717) is 28.1 Å². The normalized spacial score (nSPS) is 10.8. The first-order valence-electron chi connectivity index (χ1n) is 8.15. The van der Waals surface area contributed by atoms with Crippen LogP contribution in [0.5, 0.6) is 0 Å². The maximum Gasteiger partial charge on any atom is 0.339 e. The van der Waals surface area contributed by atoms with Gasteiger partial charge >= 0.3 is 5.97 Å². The molecular weight excluding hydrogens is 398 g/mol. The second-order valence-corrected chi connectivity index (χ2v) is 7.14. The highest BCUT2D eigenvalue weighted by molar-refractivity contribution is 7.15. The van der Waals surface area contributed by atoms with E-state index in [9.17, 15) is 14.7 Å². The number of carbonyl (C=O) groups excluding carboxylic acids is 1. The number of anilines is 2. The van der Waals surface area contributed by atoms with Crippen LogP contribution < -0.4 is 4.90 Å².